The average Bonchev–Trinajstić information content (AvgIpc) is 2.27. The molecule has 0 saturated carbocycles. The zero-order chi connectivity index (χ0) is 11.4. The first-order valence-corrected chi connectivity index (χ1v) is 4.76. The van der Waals surface area contributed by atoms with Gasteiger partial charge in [0.2, 0.25) is 0 Å². The van der Waals surface area contributed by atoms with E-state index in [1.54, 1.807) is 6.07 Å². The van der Waals surface area contributed by atoms with Crippen molar-refractivity contribution >= 4 is 5.97 Å². The summed E-state index contributed by atoms with van der Waals surface area (Å²) >= 11 is 0. The second kappa shape index (κ2) is 4.61. The number of rotatable bonds is 2. The van der Waals surface area contributed by atoms with Crippen LogP contribution >= 0.6 is 0 Å². The van der Waals surface area contributed by atoms with Crippen LogP contribution in [-0.2, 0) is 11.2 Å². The molecule has 0 aliphatic carbocycles. The van der Waals surface area contributed by atoms with Crippen LogP contribution in [0.15, 0.2) is 12.1 Å². The van der Waals surface area contributed by atoms with Crippen molar-refractivity contribution in [3.05, 3.63) is 34.4 Å². The maximum absolute atomic E-state index is 11.5. The lowest BCUT2D eigenvalue weighted by molar-refractivity contribution is 0.0599. The third-order valence-electron chi connectivity index (χ3n) is 2.47. The highest BCUT2D eigenvalue weighted by molar-refractivity contribution is 5.94. The number of methoxy groups -OCH3 is 1. The molecule has 15 heavy (non-hydrogen) atoms. The van der Waals surface area contributed by atoms with Gasteiger partial charge in [-0.15, -0.1) is 0 Å². The maximum atomic E-state index is 11.5. The highest BCUT2D eigenvalue weighted by Gasteiger charge is 2.16. The van der Waals surface area contributed by atoms with Crippen molar-refractivity contribution in [3.63, 3.8) is 0 Å². The van der Waals surface area contributed by atoms with E-state index in [0.717, 1.165) is 17.5 Å². The molecule has 0 saturated heterocycles. The van der Waals surface area contributed by atoms with Gasteiger partial charge >= 0.3 is 5.97 Å². The van der Waals surface area contributed by atoms with Gasteiger partial charge in [-0.3, -0.25) is 0 Å². The largest absolute Gasteiger partial charge is 0.465 e. The Labute approximate surface area is 89.3 Å². The number of hydrogen-bond acceptors (Lipinski definition) is 3. The number of carbonyl (C=O) groups is 1. The Hall–Kier alpha value is -1.82. The fourth-order valence-electron chi connectivity index (χ4n) is 1.60. The SMILES string of the molecule is CCc1ccc(C#N)c(C(=O)OC)c1C. The summed E-state index contributed by atoms with van der Waals surface area (Å²) in [6.45, 7) is 3.85. The van der Waals surface area contributed by atoms with E-state index in [0.29, 0.717) is 11.1 Å². The summed E-state index contributed by atoms with van der Waals surface area (Å²) in [6, 6.07) is 5.54. The Morgan fingerprint density at radius 1 is 1.53 bits per heavy atom. The van der Waals surface area contributed by atoms with Crippen LogP contribution in [0.5, 0.6) is 0 Å². The first-order valence-electron chi connectivity index (χ1n) is 4.76. The van der Waals surface area contributed by atoms with Crippen molar-refractivity contribution in [1.29, 1.82) is 5.26 Å². The van der Waals surface area contributed by atoms with E-state index in [2.05, 4.69) is 4.74 Å². The smallest absolute Gasteiger partial charge is 0.339 e. The summed E-state index contributed by atoms with van der Waals surface area (Å²) in [7, 11) is 1.32. The molecule has 0 aliphatic heterocycles. The van der Waals surface area contributed by atoms with Crippen LogP contribution in [0.4, 0.5) is 0 Å². The Morgan fingerprint density at radius 3 is 2.67 bits per heavy atom. The molecule has 0 fully saturated rings. The third-order valence-corrected chi connectivity index (χ3v) is 2.47. The molecular weight excluding hydrogens is 190 g/mol. The van der Waals surface area contributed by atoms with E-state index < -0.39 is 5.97 Å². The molecule has 0 atom stereocenters. The fourth-order valence-corrected chi connectivity index (χ4v) is 1.60. The molecule has 0 amide bonds. The summed E-state index contributed by atoms with van der Waals surface area (Å²) in [4.78, 5) is 11.5. The summed E-state index contributed by atoms with van der Waals surface area (Å²) in [5.41, 5.74) is 2.66. The van der Waals surface area contributed by atoms with Crippen LogP contribution in [0, 0.1) is 18.3 Å². The second-order valence-corrected chi connectivity index (χ2v) is 3.23. The maximum Gasteiger partial charge on any atom is 0.339 e. The van der Waals surface area contributed by atoms with Crippen molar-refractivity contribution < 1.29 is 9.53 Å². The molecule has 1 aromatic carbocycles. The fraction of sp³-hybridized carbons (Fsp3) is 0.333. The lowest BCUT2D eigenvalue weighted by Crippen LogP contribution is -2.08. The van der Waals surface area contributed by atoms with Crippen LogP contribution in [0.3, 0.4) is 0 Å². The molecule has 78 valence electrons. The zero-order valence-corrected chi connectivity index (χ0v) is 9.13. The molecule has 0 aromatic heterocycles. The van der Waals surface area contributed by atoms with Gasteiger partial charge in [-0.2, -0.15) is 5.26 Å². The lowest BCUT2D eigenvalue weighted by atomic mass is 9.96. The molecule has 3 nitrogen and oxygen atoms in total. The molecule has 3 heteroatoms. The van der Waals surface area contributed by atoms with Gasteiger partial charge in [0, 0.05) is 0 Å². The first-order chi connectivity index (χ1) is 7.15. The molecule has 0 heterocycles. The van der Waals surface area contributed by atoms with Gasteiger partial charge < -0.3 is 4.74 Å². The molecule has 0 aliphatic rings. The van der Waals surface area contributed by atoms with Gasteiger partial charge in [0.05, 0.1) is 18.2 Å². The number of aryl methyl sites for hydroxylation is 1. The monoisotopic (exact) mass is 203 g/mol. The van der Waals surface area contributed by atoms with Crippen LogP contribution in [-0.4, -0.2) is 13.1 Å². The van der Waals surface area contributed by atoms with E-state index in [1.165, 1.54) is 7.11 Å². The predicted octanol–water partition coefficient (Wildman–Crippen LogP) is 2.22. The quantitative estimate of drug-likeness (QED) is 0.692. The van der Waals surface area contributed by atoms with Crippen molar-refractivity contribution in [1.82, 2.24) is 0 Å². The minimum Gasteiger partial charge on any atom is -0.465 e. The van der Waals surface area contributed by atoms with Gasteiger partial charge in [0.1, 0.15) is 6.07 Å². The summed E-state index contributed by atoms with van der Waals surface area (Å²) < 4.78 is 4.67. The number of carbonyl (C=O) groups excluding carboxylic acids is 1. The van der Waals surface area contributed by atoms with Gasteiger partial charge in [-0.05, 0) is 30.5 Å². The van der Waals surface area contributed by atoms with Crippen molar-refractivity contribution in [2.45, 2.75) is 20.3 Å². The van der Waals surface area contributed by atoms with Crippen LogP contribution < -0.4 is 0 Å². The van der Waals surface area contributed by atoms with Crippen molar-refractivity contribution in [3.8, 4) is 6.07 Å². The summed E-state index contributed by atoms with van der Waals surface area (Å²) in [5.74, 6) is -0.445. The molecular formula is C12H13NO2. The number of ether oxygens (including phenoxy) is 1. The predicted molar refractivity (Wildman–Crippen MR) is 56.6 cm³/mol. The third kappa shape index (κ3) is 1.99. The van der Waals surface area contributed by atoms with Crippen molar-refractivity contribution in [2.75, 3.05) is 7.11 Å². The summed E-state index contributed by atoms with van der Waals surface area (Å²) in [6.07, 6.45) is 0.835. The number of nitriles is 1. The average molecular weight is 203 g/mol. The summed E-state index contributed by atoms with van der Waals surface area (Å²) in [5, 5.41) is 8.89. The second-order valence-electron chi connectivity index (χ2n) is 3.23. The van der Waals surface area contributed by atoms with Gasteiger partial charge in [0.25, 0.3) is 0 Å². The van der Waals surface area contributed by atoms with E-state index in [4.69, 9.17) is 5.26 Å². The van der Waals surface area contributed by atoms with E-state index >= 15 is 0 Å². The van der Waals surface area contributed by atoms with E-state index in [-0.39, 0.29) is 0 Å². The van der Waals surface area contributed by atoms with Gasteiger partial charge in [-0.1, -0.05) is 13.0 Å². The molecule has 1 rings (SSSR count). The van der Waals surface area contributed by atoms with Crippen LogP contribution in [0.2, 0.25) is 0 Å². The standard InChI is InChI=1S/C12H13NO2/c1-4-9-5-6-10(7-13)11(8(9)2)12(14)15-3/h5-6H,4H2,1-3H3. The number of hydrogen-bond donors (Lipinski definition) is 0. The molecule has 0 bridgehead atoms. The van der Waals surface area contributed by atoms with E-state index in [9.17, 15) is 4.79 Å². The minimum atomic E-state index is -0.445. The molecule has 0 spiro atoms. The normalized spacial score (nSPS) is 9.47. The van der Waals surface area contributed by atoms with Crippen LogP contribution in [0.1, 0.15) is 34.0 Å². The molecule has 1 aromatic rings. The Kier molecular flexibility index (Phi) is 3.46. The lowest BCUT2D eigenvalue weighted by Gasteiger charge is -2.09. The molecule has 0 N–H and O–H groups in total. The minimum absolute atomic E-state index is 0.372. The van der Waals surface area contributed by atoms with Gasteiger partial charge in [-0.25, -0.2) is 4.79 Å². The van der Waals surface area contributed by atoms with E-state index in [1.807, 2.05) is 26.0 Å². The highest BCUT2D eigenvalue weighted by atomic mass is 16.5. The van der Waals surface area contributed by atoms with Crippen LogP contribution in [0.25, 0.3) is 0 Å². The number of benzene rings is 1. The topological polar surface area (TPSA) is 50.1 Å². The Balaban J connectivity index is 3.44. The Bertz CT molecular complexity index is 430. The number of esters is 1. The molecule has 0 radical (unpaired) electrons. The highest BCUT2D eigenvalue weighted by Crippen LogP contribution is 2.19. The number of nitrogens with zero attached hydrogens (tertiary/aromatic N) is 1. The Morgan fingerprint density at radius 2 is 2.20 bits per heavy atom. The first kappa shape index (κ1) is 11.3. The van der Waals surface area contributed by atoms with Crippen molar-refractivity contribution in [2.24, 2.45) is 0 Å². The zero-order valence-electron chi connectivity index (χ0n) is 9.13. The molecule has 0 unspecified atom stereocenters. The van der Waals surface area contributed by atoms with Gasteiger partial charge in [0.15, 0.2) is 0 Å².